The molecule has 0 saturated heterocycles. The summed E-state index contributed by atoms with van der Waals surface area (Å²) in [5, 5.41) is 2.92. The van der Waals surface area contributed by atoms with Crippen molar-refractivity contribution >= 4 is 0 Å². The van der Waals surface area contributed by atoms with Crippen LogP contribution in [0.4, 0.5) is 13.2 Å². The summed E-state index contributed by atoms with van der Waals surface area (Å²) in [6.07, 6.45) is 2.34. The maximum absolute atomic E-state index is 13.2. The number of hydrogen-bond acceptors (Lipinski definition) is 1. The molecule has 1 unspecified atom stereocenters. The van der Waals surface area contributed by atoms with Crippen LogP contribution in [0.1, 0.15) is 38.5 Å². The Morgan fingerprint density at radius 1 is 1.14 bits per heavy atom. The zero-order valence-electron chi connectivity index (χ0n) is 8.16. The lowest BCUT2D eigenvalue weighted by Gasteiger charge is -2.30. The van der Waals surface area contributed by atoms with Crippen molar-refractivity contribution in [1.29, 1.82) is 0 Å². The second-order valence-corrected chi connectivity index (χ2v) is 4.68. The number of nitrogens with one attached hydrogen (secondary N) is 1. The van der Waals surface area contributed by atoms with Crippen molar-refractivity contribution in [3.05, 3.63) is 0 Å². The van der Waals surface area contributed by atoms with Gasteiger partial charge in [-0.3, -0.25) is 0 Å². The van der Waals surface area contributed by atoms with Gasteiger partial charge in [0.2, 0.25) is 5.92 Å². The van der Waals surface area contributed by atoms with Gasteiger partial charge in [0.15, 0.2) is 0 Å². The quantitative estimate of drug-likeness (QED) is 0.750. The Bertz CT molecular complexity index is 213. The Balaban J connectivity index is 1.75. The summed E-state index contributed by atoms with van der Waals surface area (Å²) in [5.41, 5.74) is -1.08. The molecule has 82 valence electrons. The molecule has 0 radical (unpaired) electrons. The summed E-state index contributed by atoms with van der Waals surface area (Å²) in [7, 11) is 0. The lowest BCUT2D eigenvalue weighted by atomic mass is 9.92. The summed E-state index contributed by atoms with van der Waals surface area (Å²) >= 11 is 0. The van der Waals surface area contributed by atoms with Crippen LogP contribution < -0.4 is 5.32 Å². The molecule has 0 aromatic rings. The second kappa shape index (κ2) is 3.40. The average Bonchev–Trinajstić information content (AvgIpc) is 2.80. The number of rotatable bonds is 3. The molecule has 0 aromatic carbocycles. The molecule has 0 spiro atoms. The lowest BCUT2D eigenvalue weighted by Crippen LogP contribution is -2.41. The molecular formula is C10H16F3N. The first kappa shape index (κ1) is 10.3. The zero-order chi connectivity index (χ0) is 10.2. The molecule has 2 rings (SSSR count). The van der Waals surface area contributed by atoms with Crippen molar-refractivity contribution in [2.45, 2.75) is 56.2 Å². The third-order valence-electron chi connectivity index (χ3n) is 3.14. The maximum Gasteiger partial charge on any atom is 0.249 e. The van der Waals surface area contributed by atoms with Gasteiger partial charge in [-0.25, -0.2) is 13.2 Å². The molecule has 0 amide bonds. The summed E-state index contributed by atoms with van der Waals surface area (Å²) < 4.78 is 39.1. The van der Waals surface area contributed by atoms with Crippen molar-refractivity contribution < 1.29 is 13.2 Å². The van der Waals surface area contributed by atoms with Gasteiger partial charge in [0.1, 0.15) is 5.67 Å². The van der Waals surface area contributed by atoms with E-state index in [0.29, 0.717) is 19.3 Å². The molecule has 0 aromatic heterocycles. The van der Waals surface area contributed by atoms with Crippen LogP contribution in [0.5, 0.6) is 0 Å². The summed E-state index contributed by atoms with van der Waals surface area (Å²) in [4.78, 5) is 0. The summed E-state index contributed by atoms with van der Waals surface area (Å²) in [6.45, 7) is 0.258. The fourth-order valence-electron chi connectivity index (χ4n) is 1.99. The Morgan fingerprint density at radius 3 is 2.43 bits per heavy atom. The van der Waals surface area contributed by atoms with E-state index >= 15 is 0 Å². The number of halogens is 3. The van der Waals surface area contributed by atoms with Gasteiger partial charge in [0.05, 0.1) is 0 Å². The third kappa shape index (κ3) is 2.62. The molecule has 2 aliphatic carbocycles. The van der Waals surface area contributed by atoms with Crippen molar-refractivity contribution in [3.8, 4) is 0 Å². The first-order chi connectivity index (χ1) is 6.49. The Labute approximate surface area is 82.1 Å². The SMILES string of the molecule is FC1(F)CCCC(NCC2(F)CC2)C1. The maximum atomic E-state index is 13.2. The van der Waals surface area contributed by atoms with Gasteiger partial charge < -0.3 is 5.32 Å². The topological polar surface area (TPSA) is 12.0 Å². The van der Waals surface area contributed by atoms with E-state index in [1.54, 1.807) is 0 Å². The highest BCUT2D eigenvalue weighted by Gasteiger charge is 2.44. The van der Waals surface area contributed by atoms with E-state index in [1.165, 1.54) is 0 Å². The van der Waals surface area contributed by atoms with Crippen LogP contribution in [0.2, 0.25) is 0 Å². The minimum absolute atomic E-state index is 0.00799. The van der Waals surface area contributed by atoms with Crippen molar-refractivity contribution in [2.75, 3.05) is 6.54 Å². The van der Waals surface area contributed by atoms with Gasteiger partial charge in [-0.15, -0.1) is 0 Å². The van der Waals surface area contributed by atoms with Gasteiger partial charge in [0.25, 0.3) is 0 Å². The highest BCUT2D eigenvalue weighted by Crippen LogP contribution is 2.40. The molecule has 2 saturated carbocycles. The van der Waals surface area contributed by atoms with Gasteiger partial charge in [-0.05, 0) is 25.7 Å². The minimum Gasteiger partial charge on any atom is -0.311 e. The summed E-state index contributed by atoms with van der Waals surface area (Å²) in [6, 6.07) is -0.188. The number of alkyl halides is 3. The predicted molar refractivity (Wildman–Crippen MR) is 48.3 cm³/mol. The van der Waals surface area contributed by atoms with E-state index in [0.717, 1.165) is 6.42 Å². The molecule has 1 N–H and O–H groups in total. The van der Waals surface area contributed by atoms with E-state index in [2.05, 4.69) is 5.32 Å². The molecule has 1 atom stereocenters. The van der Waals surface area contributed by atoms with Crippen LogP contribution in [0.25, 0.3) is 0 Å². The van der Waals surface area contributed by atoms with Crippen molar-refractivity contribution in [1.82, 2.24) is 5.32 Å². The van der Waals surface area contributed by atoms with Gasteiger partial charge in [-0.1, -0.05) is 0 Å². The fraction of sp³-hybridized carbons (Fsp3) is 1.00. The Hall–Kier alpha value is -0.250. The zero-order valence-corrected chi connectivity index (χ0v) is 8.16. The molecule has 2 aliphatic rings. The smallest absolute Gasteiger partial charge is 0.249 e. The van der Waals surface area contributed by atoms with E-state index in [9.17, 15) is 13.2 Å². The summed E-state index contributed by atoms with van der Waals surface area (Å²) in [5.74, 6) is -2.54. The van der Waals surface area contributed by atoms with E-state index in [4.69, 9.17) is 0 Å². The molecule has 4 heteroatoms. The molecule has 0 bridgehead atoms. The van der Waals surface area contributed by atoms with Crippen LogP contribution in [0.3, 0.4) is 0 Å². The first-order valence-corrected chi connectivity index (χ1v) is 5.29. The van der Waals surface area contributed by atoms with Crippen LogP contribution in [-0.2, 0) is 0 Å². The fourth-order valence-corrected chi connectivity index (χ4v) is 1.99. The normalized spacial score (nSPS) is 34.1. The van der Waals surface area contributed by atoms with Crippen LogP contribution in [-0.4, -0.2) is 24.2 Å². The lowest BCUT2D eigenvalue weighted by molar-refractivity contribution is -0.0447. The van der Waals surface area contributed by atoms with Gasteiger partial charge >= 0.3 is 0 Å². The molecular weight excluding hydrogens is 191 g/mol. The standard InChI is InChI=1S/C10H16F3N/c11-9(4-5-9)7-14-8-2-1-3-10(12,13)6-8/h8,14H,1-7H2. The van der Waals surface area contributed by atoms with Crippen LogP contribution in [0, 0.1) is 0 Å². The monoisotopic (exact) mass is 207 g/mol. The predicted octanol–water partition coefficient (Wildman–Crippen LogP) is 2.66. The molecule has 2 fully saturated rings. The van der Waals surface area contributed by atoms with E-state index in [1.807, 2.05) is 0 Å². The largest absolute Gasteiger partial charge is 0.311 e. The van der Waals surface area contributed by atoms with E-state index < -0.39 is 11.6 Å². The van der Waals surface area contributed by atoms with Gasteiger partial charge in [-0.2, -0.15) is 0 Å². The van der Waals surface area contributed by atoms with Crippen molar-refractivity contribution in [3.63, 3.8) is 0 Å². The van der Waals surface area contributed by atoms with Crippen LogP contribution in [0.15, 0.2) is 0 Å². The van der Waals surface area contributed by atoms with Crippen LogP contribution >= 0.6 is 0 Å². The van der Waals surface area contributed by atoms with Gasteiger partial charge in [0, 0.05) is 25.4 Å². The third-order valence-corrected chi connectivity index (χ3v) is 3.14. The Morgan fingerprint density at radius 2 is 1.86 bits per heavy atom. The Kier molecular flexibility index (Phi) is 2.50. The molecule has 14 heavy (non-hydrogen) atoms. The minimum atomic E-state index is -2.54. The molecule has 1 nitrogen and oxygen atoms in total. The molecule has 0 heterocycles. The van der Waals surface area contributed by atoms with E-state index in [-0.39, 0.29) is 25.4 Å². The molecule has 0 aliphatic heterocycles. The number of hydrogen-bond donors (Lipinski definition) is 1. The highest BCUT2D eigenvalue weighted by atomic mass is 19.3. The average molecular weight is 207 g/mol. The second-order valence-electron chi connectivity index (χ2n) is 4.68. The first-order valence-electron chi connectivity index (χ1n) is 5.29. The van der Waals surface area contributed by atoms with Crippen molar-refractivity contribution in [2.24, 2.45) is 0 Å². The highest BCUT2D eigenvalue weighted by molar-refractivity contribution is 4.97.